The molecule has 0 aromatic heterocycles. The molecule has 1 aliphatic carbocycles. The molecule has 2 aromatic rings. The molecule has 38 heavy (non-hydrogen) atoms. The van der Waals surface area contributed by atoms with E-state index in [2.05, 4.69) is 23.9 Å². The van der Waals surface area contributed by atoms with Crippen molar-refractivity contribution < 1.29 is 18.0 Å². The van der Waals surface area contributed by atoms with Crippen LogP contribution < -0.4 is 10.0 Å². The fourth-order valence-corrected chi connectivity index (χ4v) is 7.07. The van der Waals surface area contributed by atoms with E-state index in [0.29, 0.717) is 52.0 Å². The molecule has 0 saturated heterocycles. The Morgan fingerprint density at radius 1 is 1.08 bits per heavy atom. The second-order valence-electron chi connectivity index (χ2n) is 10.7. The Labute approximate surface area is 235 Å². The molecule has 2 N–H and O–H groups in total. The lowest BCUT2D eigenvalue weighted by molar-refractivity contribution is -0.124. The van der Waals surface area contributed by atoms with E-state index >= 15 is 0 Å². The molecule has 1 saturated carbocycles. The fourth-order valence-electron chi connectivity index (χ4n) is 5.72. The lowest BCUT2D eigenvalue weighted by Gasteiger charge is -2.49. The molecule has 0 radical (unpaired) electrons. The number of carbonyl (C=O) groups is 2. The normalized spacial score (nSPS) is 23.8. The van der Waals surface area contributed by atoms with Crippen LogP contribution in [0.25, 0.3) is 0 Å². The number of nitrogens with zero attached hydrogens (tertiary/aromatic N) is 1. The first-order valence-corrected chi connectivity index (χ1v) is 15.7. The van der Waals surface area contributed by atoms with Crippen LogP contribution in [0.15, 0.2) is 42.5 Å². The van der Waals surface area contributed by atoms with Crippen molar-refractivity contribution in [3.63, 3.8) is 0 Å². The van der Waals surface area contributed by atoms with Crippen LogP contribution in [0.3, 0.4) is 0 Å². The highest BCUT2D eigenvalue weighted by molar-refractivity contribution is 7.88. The quantitative estimate of drug-likeness (QED) is 0.443. The minimum Gasteiger partial charge on any atom is -0.355 e. The predicted octanol–water partition coefficient (Wildman–Crippen LogP) is 5.30. The van der Waals surface area contributed by atoms with Crippen molar-refractivity contribution in [1.82, 2.24) is 14.9 Å². The van der Waals surface area contributed by atoms with Crippen molar-refractivity contribution in [3.8, 4) is 0 Å². The van der Waals surface area contributed by atoms with Crippen LogP contribution in [-0.4, -0.2) is 50.0 Å². The molecule has 10 heteroatoms. The Kier molecular flexibility index (Phi) is 9.07. The number of sulfonamides is 1. The van der Waals surface area contributed by atoms with Gasteiger partial charge >= 0.3 is 0 Å². The minimum atomic E-state index is -3.53. The van der Waals surface area contributed by atoms with E-state index in [9.17, 15) is 18.0 Å². The molecule has 1 heterocycles. The number of carbonyl (C=O) groups excluding carboxylic acids is 2. The van der Waals surface area contributed by atoms with E-state index in [1.807, 2.05) is 12.1 Å². The largest absolute Gasteiger partial charge is 0.355 e. The summed E-state index contributed by atoms with van der Waals surface area (Å²) in [7, 11) is -3.53. The Morgan fingerprint density at radius 3 is 2.47 bits per heavy atom. The Hall–Kier alpha value is -2.13. The topological polar surface area (TPSA) is 95.6 Å². The SMILES string of the molecule is CC(C)CCNC(=O)[C@@H]1c2ccccc2C(=O)N([C@H]2CCCC[C@@H]2NS(C)(=O)=O)[C@H]1c1ccc(Cl)cc1Cl. The highest BCUT2D eigenvalue weighted by atomic mass is 35.5. The molecule has 1 fully saturated rings. The highest BCUT2D eigenvalue weighted by Gasteiger charge is 2.49. The molecule has 1 aliphatic heterocycles. The summed E-state index contributed by atoms with van der Waals surface area (Å²) in [6.45, 7) is 4.69. The Morgan fingerprint density at radius 2 is 1.79 bits per heavy atom. The van der Waals surface area contributed by atoms with Gasteiger partial charge in [0.25, 0.3) is 5.91 Å². The van der Waals surface area contributed by atoms with Crippen LogP contribution in [0, 0.1) is 5.92 Å². The smallest absolute Gasteiger partial charge is 0.255 e. The molecule has 2 amide bonds. The monoisotopic (exact) mass is 579 g/mol. The van der Waals surface area contributed by atoms with Gasteiger partial charge in [-0.25, -0.2) is 13.1 Å². The van der Waals surface area contributed by atoms with Gasteiger partial charge in [0.05, 0.1) is 18.2 Å². The molecule has 0 unspecified atom stereocenters. The van der Waals surface area contributed by atoms with Gasteiger partial charge in [0, 0.05) is 34.2 Å². The molecule has 4 atom stereocenters. The minimum absolute atomic E-state index is 0.199. The molecule has 0 spiro atoms. The number of hydrogen-bond donors (Lipinski definition) is 2. The zero-order chi connectivity index (χ0) is 27.6. The Balaban J connectivity index is 1.89. The molecule has 0 bridgehead atoms. The van der Waals surface area contributed by atoms with Crippen molar-refractivity contribution in [3.05, 3.63) is 69.2 Å². The average Bonchev–Trinajstić information content (AvgIpc) is 2.83. The summed E-state index contributed by atoms with van der Waals surface area (Å²) >= 11 is 13.0. The van der Waals surface area contributed by atoms with Gasteiger partial charge in [-0.3, -0.25) is 9.59 Å². The van der Waals surface area contributed by atoms with E-state index in [0.717, 1.165) is 25.5 Å². The molecular formula is C28H35Cl2N3O4S. The molecule has 7 nitrogen and oxygen atoms in total. The van der Waals surface area contributed by atoms with Crippen LogP contribution >= 0.6 is 23.2 Å². The third-order valence-corrected chi connectivity index (χ3v) is 8.71. The second-order valence-corrected chi connectivity index (χ2v) is 13.3. The van der Waals surface area contributed by atoms with Crippen molar-refractivity contribution in [1.29, 1.82) is 0 Å². The maximum atomic E-state index is 14.2. The Bertz CT molecular complexity index is 1300. The molecular weight excluding hydrogens is 545 g/mol. The van der Waals surface area contributed by atoms with E-state index in [4.69, 9.17) is 23.2 Å². The highest BCUT2D eigenvalue weighted by Crippen LogP contribution is 2.47. The first-order valence-electron chi connectivity index (χ1n) is 13.1. The van der Waals surface area contributed by atoms with Gasteiger partial charge in [-0.15, -0.1) is 0 Å². The van der Waals surface area contributed by atoms with Crippen LogP contribution in [0.2, 0.25) is 10.0 Å². The van der Waals surface area contributed by atoms with Gasteiger partial charge in [0.1, 0.15) is 0 Å². The van der Waals surface area contributed by atoms with Crippen molar-refractivity contribution in [2.24, 2.45) is 5.92 Å². The van der Waals surface area contributed by atoms with Gasteiger partial charge in [-0.05, 0) is 54.5 Å². The van der Waals surface area contributed by atoms with Crippen LogP contribution in [-0.2, 0) is 14.8 Å². The van der Waals surface area contributed by atoms with Crippen LogP contribution in [0.5, 0.6) is 0 Å². The average molecular weight is 581 g/mol. The number of fused-ring (bicyclic) bond motifs is 1. The maximum Gasteiger partial charge on any atom is 0.255 e. The fraction of sp³-hybridized carbons (Fsp3) is 0.500. The van der Waals surface area contributed by atoms with Crippen molar-refractivity contribution in [2.45, 2.75) is 70.0 Å². The van der Waals surface area contributed by atoms with E-state index in [-0.39, 0.29) is 11.8 Å². The summed E-state index contributed by atoms with van der Waals surface area (Å²) in [6.07, 6.45) is 4.82. The van der Waals surface area contributed by atoms with Gasteiger partial charge < -0.3 is 10.2 Å². The first kappa shape index (κ1) is 28.9. The number of rotatable bonds is 8. The van der Waals surface area contributed by atoms with Gasteiger partial charge in [0.15, 0.2) is 0 Å². The van der Waals surface area contributed by atoms with Crippen LogP contribution in [0.4, 0.5) is 0 Å². The van der Waals surface area contributed by atoms with E-state index in [1.165, 1.54) is 0 Å². The van der Waals surface area contributed by atoms with E-state index < -0.39 is 34.1 Å². The maximum absolute atomic E-state index is 14.2. The van der Waals surface area contributed by atoms with Gasteiger partial charge in [-0.2, -0.15) is 0 Å². The summed E-state index contributed by atoms with van der Waals surface area (Å²) < 4.78 is 27.3. The van der Waals surface area contributed by atoms with E-state index in [1.54, 1.807) is 35.2 Å². The number of nitrogens with one attached hydrogen (secondary N) is 2. The van der Waals surface area contributed by atoms with Crippen molar-refractivity contribution >= 4 is 45.0 Å². The van der Waals surface area contributed by atoms with Crippen LogP contribution in [0.1, 0.15) is 79.4 Å². The molecule has 206 valence electrons. The standard InChI is InChI=1S/C28H35Cl2N3O4S/c1-17(2)14-15-31-27(34)25-19-8-4-5-9-20(19)28(35)33(26(25)21-13-12-18(29)16-22(21)30)24-11-7-6-10-23(24)32-38(3,36)37/h4-5,8-9,12-13,16-17,23-26,32H,6-7,10-11,14-15H2,1-3H3,(H,31,34)/t23-,24-,25+,26-/m0/s1. The third-order valence-electron chi connectivity index (χ3n) is 7.41. The number of halogens is 2. The molecule has 4 rings (SSSR count). The lowest BCUT2D eigenvalue weighted by atomic mass is 9.76. The number of benzene rings is 2. The third kappa shape index (κ3) is 6.36. The second kappa shape index (κ2) is 11.9. The first-order chi connectivity index (χ1) is 18.0. The number of amides is 2. The van der Waals surface area contributed by atoms with Crippen molar-refractivity contribution in [2.75, 3.05) is 12.8 Å². The summed E-state index contributed by atoms with van der Waals surface area (Å²) in [4.78, 5) is 29.8. The summed E-state index contributed by atoms with van der Waals surface area (Å²) in [5, 5.41) is 3.88. The zero-order valence-corrected chi connectivity index (χ0v) is 24.2. The van der Waals surface area contributed by atoms with Gasteiger partial charge in [0.2, 0.25) is 15.9 Å². The lowest BCUT2D eigenvalue weighted by Crippen LogP contribution is -2.59. The number of hydrogen-bond acceptors (Lipinski definition) is 4. The summed E-state index contributed by atoms with van der Waals surface area (Å²) in [5.74, 6) is -0.765. The molecule has 2 aromatic carbocycles. The molecule has 2 aliphatic rings. The zero-order valence-electron chi connectivity index (χ0n) is 21.9. The summed E-state index contributed by atoms with van der Waals surface area (Å²) in [6, 6.07) is 10.6. The van der Waals surface area contributed by atoms with Gasteiger partial charge in [-0.1, -0.05) is 74.2 Å². The predicted molar refractivity (Wildman–Crippen MR) is 151 cm³/mol. The summed E-state index contributed by atoms with van der Waals surface area (Å²) in [5.41, 5.74) is 1.68.